The highest BCUT2D eigenvalue weighted by molar-refractivity contribution is 5.79. The lowest BCUT2D eigenvalue weighted by atomic mass is 10.0. The van der Waals surface area contributed by atoms with Gasteiger partial charge in [-0.15, -0.1) is 0 Å². The Hall–Kier alpha value is -0.610. The summed E-state index contributed by atoms with van der Waals surface area (Å²) in [5.74, 6) is 0.413. The zero-order chi connectivity index (χ0) is 12.1. The number of nitrogens with zero attached hydrogens (tertiary/aromatic N) is 1. The number of carbonyl (C=O) groups excluding carboxylic acids is 1. The summed E-state index contributed by atoms with van der Waals surface area (Å²) in [6, 6.07) is 0.338. The lowest BCUT2D eigenvalue weighted by Gasteiger charge is -2.26. The van der Waals surface area contributed by atoms with Crippen LogP contribution >= 0.6 is 0 Å². The molecule has 0 aromatic rings. The molecule has 2 unspecified atom stereocenters. The van der Waals surface area contributed by atoms with Gasteiger partial charge in [-0.25, -0.2) is 0 Å². The second kappa shape index (κ2) is 6.36. The second-order valence-corrected chi connectivity index (χ2v) is 5.33. The average Bonchev–Trinajstić information content (AvgIpc) is 2.77. The molecule has 0 aromatic carbocycles. The van der Waals surface area contributed by atoms with E-state index >= 15 is 0 Å². The van der Waals surface area contributed by atoms with Gasteiger partial charge in [0.25, 0.3) is 0 Å². The molecule has 1 amide bonds. The Labute approximate surface area is 104 Å². The number of likely N-dealkylation sites (tertiary alicyclic amines) is 1. The Morgan fingerprint density at radius 2 is 2.12 bits per heavy atom. The first-order chi connectivity index (χ1) is 8.27. The molecule has 0 radical (unpaired) electrons. The van der Waals surface area contributed by atoms with E-state index in [1.54, 1.807) is 0 Å². The molecule has 2 aliphatic heterocycles. The van der Waals surface area contributed by atoms with Crippen LogP contribution in [0.2, 0.25) is 0 Å². The zero-order valence-electron chi connectivity index (χ0n) is 10.9. The van der Waals surface area contributed by atoms with Crippen molar-refractivity contribution in [1.82, 2.24) is 15.5 Å². The maximum atomic E-state index is 11.9. The third-order valence-corrected chi connectivity index (χ3v) is 4.04. The number of rotatable bonds is 4. The van der Waals surface area contributed by atoms with Crippen molar-refractivity contribution in [1.29, 1.82) is 0 Å². The van der Waals surface area contributed by atoms with Crippen LogP contribution in [0.1, 0.15) is 32.6 Å². The molecule has 0 bridgehead atoms. The van der Waals surface area contributed by atoms with Gasteiger partial charge in [-0.1, -0.05) is 6.42 Å². The summed E-state index contributed by atoms with van der Waals surface area (Å²) in [7, 11) is 0. The normalized spacial score (nSPS) is 30.4. The van der Waals surface area contributed by atoms with Gasteiger partial charge in [0.2, 0.25) is 5.91 Å². The fourth-order valence-corrected chi connectivity index (χ4v) is 2.87. The molecule has 2 saturated heterocycles. The van der Waals surface area contributed by atoms with Crippen LogP contribution in [0.4, 0.5) is 0 Å². The van der Waals surface area contributed by atoms with Gasteiger partial charge in [0.05, 0.1) is 5.92 Å². The third-order valence-electron chi connectivity index (χ3n) is 4.04. The summed E-state index contributed by atoms with van der Waals surface area (Å²) in [5, 5.41) is 6.40. The molecule has 2 heterocycles. The highest BCUT2D eigenvalue weighted by Gasteiger charge is 2.28. The van der Waals surface area contributed by atoms with Gasteiger partial charge in [-0.05, 0) is 45.8 Å². The van der Waals surface area contributed by atoms with Crippen LogP contribution in [-0.2, 0) is 4.79 Å². The molecule has 4 heteroatoms. The summed E-state index contributed by atoms with van der Waals surface area (Å²) in [6.07, 6.45) is 4.99. The van der Waals surface area contributed by atoms with Crippen LogP contribution in [-0.4, -0.2) is 49.6 Å². The summed E-state index contributed by atoms with van der Waals surface area (Å²) in [4.78, 5) is 14.4. The largest absolute Gasteiger partial charge is 0.355 e. The van der Waals surface area contributed by atoms with Gasteiger partial charge >= 0.3 is 0 Å². The summed E-state index contributed by atoms with van der Waals surface area (Å²) >= 11 is 0. The van der Waals surface area contributed by atoms with Crippen LogP contribution in [0, 0.1) is 5.92 Å². The van der Waals surface area contributed by atoms with E-state index < -0.39 is 0 Å². The minimum Gasteiger partial charge on any atom is -0.355 e. The fourth-order valence-electron chi connectivity index (χ4n) is 2.87. The molecule has 0 saturated carbocycles. The quantitative estimate of drug-likeness (QED) is 0.754. The third kappa shape index (κ3) is 3.68. The number of amides is 1. The molecule has 2 aliphatic rings. The van der Waals surface area contributed by atoms with Gasteiger partial charge in [0.1, 0.15) is 0 Å². The molecule has 2 rings (SSSR count). The van der Waals surface area contributed by atoms with E-state index in [4.69, 9.17) is 0 Å². The predicted molar refractivity (Wildman–Crippen MR) is 68.9 cm³/mol. The number of nitrogens with one attached hydrogen (secondary N) is 2. The van der Waals surface area contributed by atoms with Crippen molar-refractivity contribution in [2.75, 3.05) is 32.7 Å². The van der Waals surface area contributed by atoms with Gasteiger partial charge < -0.3 is 15.5 Å². The SMILES string of the molecule is CC1NCCC1C(=O)NCCN1CCCCC1. The van der Waals surface area contributed by atoms with Gasteiger partial charge in [-0.2, -0.15) is 0 Å². The molecular formula is C13H25N3O. The fraction of sp³-hybridized carbons (Fsp3) is 0.923. The average molecular weight is 239 g/mol. The Kier molecular flexibility index (Phi) is 4.80. The van der Waals surface area contributed by atoms with Crippen molar-refractivity contribution in [3.8, 4) is 0 Å². The minimum absolute atomic E-state index is 0.177. The van der Waals surface area contributed by atoms with Gasteiger partial charge in [0, 0.05) is 19.1 Å². The number of hydrogen-bond acceptors (Lipinski definition) is 3. The lowest BCUT2D eigenvalue weighted by molar-refractivity contribution is -0.125. The van der Waals surface area contributed by atoms with E-state index in [1.807, 2.05) is 0 Å². The van der Waals surface area contributed by atoms with Crippen molar-refractivity contribution in [2.24, 2.45) is 5.92 Å². The van der Waals surface area contributed by atoms with Crippen LogP contribution in [0.15, 0.2) is 0 Å². The highest BCUT2D eigenvalue weighted by atomic mass is 16.1. The first-order valence-electron chi connectivity index (χ1n) is 7.01. The molecule has 2 fully saturated rings. The van der Waals surface area contributed by atoms with E-state index in [-0.39, 0.29) is 11.8 Å². The summed E-state index contributed by atoms with van der Waals surface area (Å²) < 4.78 is 0. The van der Waals surface area contributed by atoms with Crippen molar-refractivity contribution in [2.45, 2.75) is 38.6 Å². The second-order valence-electron chi connectivity index (χ2n) is 5.33. The molecule has 17 heavy (non-hydrogen) atoms. The standard InChI is InChI=1S/C13H25N3O/c1-11-12(5-6-14-11)13(17)15-7-10-16-8-3-2-4-9-16/h11-12,14H,2-10H2,1H3,(H,15,17). The molecule has 98 valence electrons. The highest BCUT2D eigenvalue weighted by Crippen LogP contribution is 2.14. The summed E-state index contributed by atoms with van der Waals surface area (Å²) in [5.41, 5.74) is 0. The molecule has 0 aliphatic carbocycles. The van der Waals surface area contributed by atoms with Crippen molar-refractivity contribution in [3.63, 3.8) is 0 Å². The molecular weight excluding hydrogens is 214 g/mol. The van der Waals surface area contributed by atoms with Crippen LogP contribution in [0.25, 0.3) is 0 Å². The van der Waals surface area contributed by atoms with Gasteiger partial charge in [-0.3, -0.25) is 4.79 Å². The van der Waals surface area contributed by atoms with Crippen LogP contribution < -0.4 is 10.6 Å². The Bertz CT molecular complexity index is 251. The monoisotopic (exact) mass is 239 g/mol. The van der Waals surface area contributed by atoms with Crippen molar-refractivity contribution in [3.05, 3.63) is 0 Å². The minimum atomic E-state index is 0.177. The Balaban J connectivity index is 1.62. The number of carbonyl (C=O) groups is 1. The van der Waals surface area contributed by atoms with E-state index in [0.29, 0.717) is 6.04 Å². The first kappa shape index (κ1) is 12.8. The first-order valence-corrected chi connectivity index (χ1v) is 7.01. The van der Waals surface area contributed by atoms with Crippen LogP contribution in [0.5, 0.6) is 0 Å². The zero-order valence-corrected chi connectivity index (χ0v) is 10.9. The maximum absolute atomic E-state index is 11.9. The lowest BCUT2D eigenvalue weighted by Crippen LogP contribution is -2.41. The molecule has 0 spiro atoms. The number of hydrogen-bond donors (Lipinski definition) is 2. The van der Waals surface area contributed by atoms with Crippen molar-refractivity contribution < 1.29 is 4.79 Å². The van der Waals surface area contributed by atoms with Gasteiger partial charge in [0.15, 0.2) is 0 Å². The Morgan fingerprint density at radius 3 is 2.76 bits per heavy atom. The Morgan fingerprint density at radius 1 is 1.35 bits per heavy atom. The van der Waals surface area contributed by atoms with Crippen LogP contribution in [0.3, 0.4) is 0 Å². The maximum Gasteiger partial charge on any atom is 0.224 e. The topological polar surface area (TPSA) is 44.4 Å². The molecule has 2 atom stereocenters. The smallest absolute Gasteiger partial charge is 0.224 e. The van der Waals surface area contributed by atoms with E-state index in [1.165, 1.54) is 32.4 Å². The predicted octanol–water partition coefficient (Wildman–Crippen LogP) is 0.587. The summed E-state index contributed by atoms with van der Waals surface area (Å²) in [6.45, 7) is 7.31. The molecule has 2 N–H and O–H groups in total. The van der Waals surface area contributed by atoms with E-state index in [2.05, 4.69) is 22.5 Å². The number of piperidine rings is 1. The van der Waals surface area contributed by atoms with E-state index in [0.717, 1.165) is 26.1 Å². The van der Waals surface area contributed by atoms with E-state index in [9.17, 15) is 4.79 Å². The van der Waals surface area contributed by atoms with Crippen molar-refractivity contribution >= 4 is 5.91 Å². The molecule has 0 aromatic heterocycles. The molecule has 4 nitrogen and oxygen atoms in total.